The van der Waals surface area contributed by atoms with Crippen LogP contribution in [0.4, 0.5) is 0 Å². The van der Waals surface area contributed by atoms with Gasteiger partial charge < -0.3 is 15.2 Å². The van der Waals surface area contributed by atoms with Crippen LogP contribution in [0.3, 0.4) is 0 Å². The van der Waals surface area contributed by atoms with Gasteiger partial charge in [0, 0.05) is 5.56 Å². The third-order valence-corrected chi connectivity index (χ3v) is 2.95. The Morgan fingerprint density at radius 1 is 1.26 bits per heavy atom. The Hall–Kier alpha value is -1.29. The second kappa shape index (κ2) is 8.00. The van der Waals surface area contributed by atoms with Crippen LogP contribution in [0, 0.1) is 5.92 Å². The Kier molecular flexibility index (Phi) is 6.64. The summed E-state index contributed by atoms with van der Waals surface area (Å²) in [7, 11) is 0. The first kappa shape index (κ1) is 15.8. The Labute approximate surface area is 121 Å². The van der Waals surface area contributed by atoms with Crippen LogP contribution in [0.1, 0.15) is 39.2 Å². The highest BCUT2D eigenvalue weighted by molar-refractivity contribution is 7.80. The fourth-order valence-electron chi connectivity index (χ4n) is 1.72. The van der Waals surface area contributed by atoms with E-state index in [1.54, 1.807) is 0 Å². The van der Waals surface area contributed by atoms with Gasteiger partial charge in [-0.3, -0.25) is 0 Å². The predicted molar refractivity (Wildman–Crippen MR) is 83.1 cm³/mol. The number of hydrogen-bond acceptors (Lipinski definition) is 3. The fraction of sp³-hybridized carbons (Fsp3) is 0.533. The molecule has 0 radical (unpaired) electrons. The third kappa shape index (κ3) is 5.47. The Morgan fingerprint density at radius 3 is 2.58 bits per heavy atom. The second-order valence-corrected chi connectivity index (χ2v) is 5.28. The fourth-order valence-corrected chi connectivity index (χ4v) is 1.85. The van der Waals surface area contributed by atoms with Crippen LogP contribution >= 0.6 is 12.2 Å². The summed E-state index contributed by atoms with van der Waals surface area (Å²) in [4.78, 5) is 0.368. The lowest BCUT2D eigenvalue weighted by Crippen LogP contribution is -2.10. The summed E-state index contributed by atoms with van der Waals surface area (Å²) >= 11 is 4.97. The minimum Gasteiger partial charge on any atom is -0.490 e. The Balaban J connectivity index is 2.68. The molecule has 106 valence electrons. The molecule has 0 heterocycles. The van der Waals surface area contributed by atoms with E-state index in [-0.39, 0.29) is 0 Å². The van der Waals surface area contributed by atoms with E-state index >= 15 is 0 Å². The molecule has 0 aliphatic heterocycles. The maximum Gasteiger partial charge on any atom is 0.161 e. The van der Waals surface area contributed by atoms with Crippen LogP contribution in [0.2, 0.25) is 0 Å². The minimum absolute atomic E-state index is 0.368. The van der Waals surface area contributed by atoms with Gasteiger partial charge in [-0.25, -0.2) is 0 Å². The second-order valence-electron chi connectivity index (χ2n) is 4.84. The molecule has 0 unspecified atom stereocenters. The molecule has 0 amide bonds. The van der Waals surface area contributed by atoms with Crippen molar-refractivity contribution in [3.63, 3.8) is 0 Å². The first-order chi connectivity index (χ1) is 9.04. The number of hydrogen-bond donors (Lipinski definition) is 1. The number of benzene rings is 1. The van der Waals surface area contributed by atoms with Gasteiger partial charge in [0.05, 0.1) is 13.2 Å². The number of rotatable bonds is 8. The summed E-state index contributed by atoms with van der Waals surface area (Å²) in [5, 5.41) is 0. The van der Waals surface area contributed by atoms with Crippen molar-refractivity contribution >= 4 is 17.2 Å². The first-order valence-corrected chi connectivity index (χ1v) is 7.14. The Bertz CT molecular complexity index is 419. The highest BCUT2D eigenvalue weighted by Gasteiger charge is 2.08. The molecule has 0 bridgehead atoms. The van der Waals surface area contributed by atoms with Crippen molar-refractivity contribution in [2.45, 2.75) is 33.6 Å². The number of nitrogens with two attached hydrogens (primary N) is 1. The molecule has 1 aromatic carbocycles. The lowest BCUT2D eigenvalue weighted by atomic mass is 10.1. The molecule has 0 aliphatic rings. The quantitative estimate of drug-likeness (QED) is 0.585. The highest BCUT2D eigenvalue weighted by Crippen LogP contribution is 2.28. The van der Waals surface area contributed by atoms with E-state index < -0.39 is 0 Å². The standard InChI is InChI=1S/C15H23NO2S/c1-4-17-14-10-12(15(16)19)7-8-13(14)18-9-5-6-11(2)3/h7-8,10-11H,4-6,9H2,1-3H3,(H2,16,19). The lowest BCUT2D eigenvalue weighted by Gasteiger charge is -2.13. The van der Waals surface area contributed by atoms with Gasteiger partial charge in [-0.2, -0.15) is 0 Å². The first-order valence-electron chi connectivity index (χ1n) is 6.74. The average Bonchev–Trinajstić information content (AvgIpc) is 2.35. The molecular formula is C15H23NO2S. The molecule has 4 heteroatoms. The van der Waals surface area contributed by atoms with E-state index in [0.717, 1.165) is 24.2 Å². The van der Waals surface area contributed by atoms with Gasteiger partial charge in [-0.05, 0) is 43.9 Å². The molecule has 1 aromatic rings. The van der Waals surface area contributed by atoms with Crippen LogP contribution in [-0.4, -0.2) is 18.2 Å². The summed E-state index contributed by atoms with van der Waals surface area (Å²) in [5.41, 5.74) is 6.42. The molecule has 0 aliphatic carbocycles. The van der Waals surface area contributed by atoms with Crippen LogP contribution < -0.4 is 15.2 Å². The van der Waals surface area contributed by atoms with Gasteiger partial charge in [0.2, 0.25) is 0 Å². The van der Waals surface area contributed by atoms with Crippen molar-refractivity contribution in [3.05, 3.63) is 23.8 Å². The van der Waals surface area contributed by atoms with E-state index in [4.69, 9.17) is 27.4 Å². The summed E-state index contributed by atoms with van der Waals surface area (Å²) in [6.07, 6.45) is 2.20. The monoisotopic (exact) mass is 281 g/mol. The molecule has 0 saturated carbocycles. The molecule has 0 atom stereocenters. The maximum atomic E-state index is 5.77. The van der Waals surface area contributed by atoms with Crippen LogP contribution in [-0.2, 0) is 0 Å². The molecule has 0 spiro atoms. The Morgan fingerprint density at radius 2 is 2.00 bits per heavy atom. The minimum atomic E-state index is 0.368. The molecule has 1 rings (SSSR count). The normalized spacial score (nSPS) is 10.5. The maximum absolute atomic E-state index is 5.77. The number of ether oxygens (including phenoxy) is 2. The third-order valence-electron chi connectivity index (χ3n) is 2.71. The van der Waals surface area contributed by atoms with Crippen LogP contribution in [0.5, 0.6) is 11.5 Å². The van der Waals surface area contributed by atoms with Crippen LogP contribution in [0.25, 0.3) is 0 Å². The van der Waals surface area contributed by atoms with E-state index in [1.165, 1.54) is 0 Å². The van der Waals surface area contributed by atoms with E-state index in [0.29, 0.717) is 29.9 Å². The van der Waals surface area contributed by atoms with Gasteiger partial charge >= 0.3 is 0 Å². The van der Waals surface area contributed by atoms with Gasteiger partial charge in [-0.15, -0.1) is 0 Å². The molecule has 19 heavy (non-hydrogen) atoms. The van der Waals surface area contributed by atoms with Crippen molar-refractivity contribution in [1.29, 1.82) is 0 Å². The number of thiocarbonyl (C=S) groups is 1. The molecular weight excluding hydrogens is 258 g/mol. The van der Waals surface area contributed by atoms with Crippen molar-refractivity contribution in [3.8, 4) is 11.5 Å². The summed E-state index contributed by atoms with van der Waals surface area (Å²) < 4.78 is 11.3. The molecule has 0 aromatic heterocycles. The zero-order chi connectivity index (χ0) is 14.3. The smallest absolute Gasteiger partial charge is 0.161 e. The molecule has 0 saturated heterocycles. The van der Waals surface area contributed by atoms with E-state index in [1.807, 2.05) is 25.1 Å². The molecule has 0 fully saturated rings. The van der Waals surface area contributed by atoms with Crippen LogP contribution in [0.15, 0.2) is 18.2 Å². The molecule has 3 nitrogen and oxygen atoms in total. The topological polar surface area (TPSA) is 44.5 Å². The average molecular weight is 281 g/mol. The summed E-state index contributed by atoms with van der Waals surface area (Å²) in [5.74, 6) is 2.16. The van der Waals surface area contributed by atoms with Gasteiger partial charge in [0.15, 0.2) is 11.5 Å². The zero-order valence-corrected chi connectivity index (χ0v) is 12.8. The lowest BCUT2D eigenvalue weighted by molar-refractivity contribution is 0.267. The molecule has 2 N–H and O–H groups in total. The van der Waals surface area contributed by atoms with Crippen molar-refractivity contribution in [2.75, 3.05) is 13.2 Å². The zero-order valence-electron chi connectivity index (χ0n) is 11.9. The van der Waals surface area contributed by atoms with Gasteiger partial charge in [-0.1, -0.05) is 26.1 Å². The van der Waals surface area contributed by atoms with Crippen molar-refractivity contribution in [2.24, 2.45) is 11.7 Å². The summed E-state index contributed by atoms with van der Waals surface area (Å²) in [6, 6.07) is 5.57. The largest absolute Gasteiger partial charge is 0.490 e. The van der Waals surface area contributed by atoms with E-state index in [2.05, 4.69) is 13.8 Å². The van der Waals surface area contributed by atoms with Crippen molar-refractivity contribution < 1.29 is 9.47 Å². The van der Waals surface area contributed by atoms with Crippen molar-refractivity contribution in [1.82, 2.24) is 0 Å². The SMILES string of the molecule is CCOc1cc(C(N)=S)ccc1OCCCC(C)C. The van der Waals surface area contributed by atoms with Gasteiger partial charge in [0.1, 0.15) is 4.99 Å². The van der Waals surface area contributed by atoms with E-state index in [9.17, 15) is 0 Å². The predicted octanol–water partition coefficient (Wildman–Crippen LogP) is 3.53. The van der Waals surface area contributed by atoms with Gasteiger partial charge in [0.25, 0.3) is 0 Å². The summed E-state index contributed by atoms with van der Waals surface area (Å²) in [6.45, 7) is 7.65. The highest BCUT2D eigenvalue weighted by atomic mass is 32.1.